The average Bonchev–Trinajstić information content (AvgIpc) is 2.55. The minimum Gasteiger partial charge on any atom is -0.399 e. The Morgan fingerprint density at radius 1 is 1.12 bits per heavy atom. The summed E-state index contributed by atoms with van der Waals surface area (Å²) in [6, 6.07) is 10.4. The molecule has 1 aliphatic carbocycles. The zero-order valence-electron chi connectivity index (χ0n) is 9.58. The molecule has 0 atom stereocenters. The Kier molecular flexibility index (Phi) is 3.14. The minimum atomic E-state index is -0.286. The molecule has 0 aromatic heterocycles. The van der Waals surface area contributed by atoms with E-state index in [1.165, 1.54) is 12.8 Å². The van der Waals surface area contributed by atoms with Crippen LogP contribution in [0.25, 0.3) is 0 Å². The van der Waals surface area contributed by atoms with Gasteiger partial charge in [0.2, 0.25) is 0 Å². The van der Waals surface area contributed by atoms with Gasteiger partial charge in [-0.1, -0.05) is 37.8 Å². The summed E-state index contributed by atoms with van der Waals surface area (Å²) in [6.45, 7) is 0. The van der Waals surface area contributed by atoms with Crippen molar-refractivity contribution in [3.8, 4) is 6.07 Å². The van der Waals surface area contributed by atoms with Crippen molar-refractivity contribution in [2.75, 3.05) is 5.73 Å². The lowest BCUT2D eigenvalue weighted by Crippen LogP contribution is -2.23. The van der Waals surface area contributed by atoms with Crippen LogP contribution in [0, 0.1) is 11.3 Å². The molecule has 0 aliphatic heterocycles. The van der Waals surface area contributed by atoms with Gasteiger partial charge in [0.25, 0.3) is 0 Å². The molecule has 0 bridgehead atoms. The van der Waals surface area contributed by atoms with Gasteiger partial charge in [0.15, 0.2) is 0 Å². The summed E-state index contributed by atoms with van der Waals surface area (Å²) in [6.07, 6.45) is 6.78. The highest BCUT2D eigenvalue weighted by Gasteiger charge is 2.32. The van der Waals surface area contributed by atoms with E-state index in [1.807, 2.05) is 24.3 Å². The number of anilines is 1. The molecule has 16 heavy (non-hydrogen) atoms. The number of hydrogen-bond donors (Lipinski definition) is 1. The normalized spacial score (nSPS) is 19.7. The first-order chi connectivity index (χ1) is 7.77. The highest BCUT2D eigenvalue weighted by atomic mass is 14.5. The Labute approximate surface area is 97.1 Å². The summed E-state index contributed by atoms with van der Waals surface area (Å²) in [5.41, 5.74) is 7.39. The molecule has 1 saturated carbocycles. The van der Waals surface area contributed by atoms with Gasteiger partial charge >= 0.3 is 0 Å². The fourth-order valence-electron chi connectivity index (χ4n) is 2.63. The van der Waals surface area contributed by atoms with E-state index in [-0.39, 0.29) is 5.41 Å². The van der Waals surface area contributed by atoms with Crippen LogP contribution in [0.2, 0.25) is 0 Å². The van der Waals surface area contributed by atoms with E-state index in [0.717, 1.165) is 36.9 Å². The molecule has 1 aromatic carbocycles. The fraction of sp³-hybridized carbons (Fsp3) is 0.500. The summed E-state index contributed by atoms with van der Waals surface area (Å²) < 4.78 is 0. The van der Waals surface area contributed by atoms with E-state index in [0.29, 0.717) is 0 Å². The fourth-order valence-corrected chi connectivity index (χ4v) is 2.63. The molecule has 0 amide bonds. The van der Waals surface area contributed by atoms with Gasteiger partial charge in [-0.3, -0.25) is 0 Å². The van der Waals surface area contributed by atoms with E-state index in [4.69, 9.17) is 5.73 Å². The van der Waals surface area contributed by atoms with Crippen molar-refractivity contribution in [1.29, 1.82) is 5.26 Å². The number of nitriles is 1. The van der Waals surface area contributed by atoms with Crippen molar-refractivity contribution < 1.29 is 0 Å². The van der Waals surface area contributed by atoms with Crippen molar-refractivity contribution in [3.63, 3.8) is 0 Å². The molecule has 0 unspecified atom stereocenters. The van der Waals surface area contributed by atoms with Gasteiger partial charge in [-0.05, 0) is 30.5 Å². The summed E-state index contributed by atoms with van der Waals surface area (Å²) in [5.74, 6) is 0. The molecule has 2 nitrogen and oxygen atoms in total. The van der Waals surface area contributed by atoms with Crippen LogP contribution >= 0.6 is 0 Å². The summed E-state index contributed by atoms with van der Waals surface area (Å²) in [4.78, 5) is 0. The third kappa shape index (κ3) is 2.04. The van der Waals surface area contributed by atoms with Gasteiger partial charge in [-0.2, -0.15) is 5.26 Å². The van der Waals surface area contributed by atoms with E-state index < -0.39 is 0 Å². The van der Waals surface area contributed by atoms with Gasteiger partial charge in [0.05, 0.1) is 11.5 Å². The maximum atomic E-state index is 9.52. The molecule has 84 valence electrons. The third-order valence-corrected chi connectivity index (χ3v) is 3.61. The number of hydrogen-bond acceptors (Lipinski definition) is 2. The van der Waals surface area contributed by atoms with E-state index in [2.05, 4.69) is 6.07 Å². The largest absolute Gasteiger partial charge is 0.399 e. The van der Waals surface area contributed by atoms with Gasteiger partial charge < -0.3 is 5.73 Å². The average molecular weight is 214 g/mol. The number of nitrogens with zero attached hydrogens (tertiary/aromatic N) is 1. The lowest BCUT2D eigenvalue weighted by atomic mass is 9.75. The monoisotopic (exact) mass is 214 g/mol. The molecule has 1 aliphatic rings. The molecule has 2 N–H and O–H groups in total. The first kappa shape index (κ1) is 11.0. The van der Waals surface area contributed by atoms with Crippen molar-refractivity contribution in [2.24, 2.45) is 0 Å². The van der Waals surface area contributed by atoms with Crippen molar-refractivity contribution >= 4 is 5.69 Å². The predicted molar refractivity (Wildman–Crippen MR) is 65.8 cm³/mol. The molecule has 2 heteroatoms. The van der Waals surface area contributed by atoms with Crippen LogP contribution in [-0.4, -0.2) is 0 Å². The second kappa shape index (κ2) is 4.57. The standard InChI is InChI=1S/C14H18N2/c15-11-14(8-3-1-2-4-9-14)12-6-5-7-13(16)10-12/h5-7,10H,1-4,8-9,16H2. The van der Waals surface area contributed by atoms with Gasteiger partial charge in [0.1, 0.15) is 0 Å². The molecule has 1 fully saturated rings. The van der Waals surface area contributed by atoms with Crippen molar-refractivity contribution in [1.82, 2.24) is 0 Å². The first-order valence-electron chi connectivity index (χ1n) is 6.04. The predicted octanol–water partition coefficient (Wildman–Crippen LogP) is 3.38. The van der Waals surface area contributed by atoms with Crippen LogP contribution in [0.15, 0.2) is 24.3 Å². The zero-order valence-corrected chi connectivity index (χ0v) is 9.58. The number of rotatable bonds is 1. The van der Waals surface area contributed by atoms with Gasteiger partial charge in [-0.25, -0.2) is 0 Å². The van der Waals surface area contributed by atoms with Crippen LogP contribution in [-0.2, 0) is 5.41 Å². The molecular formula is C14H18N2. The van der Waals surface area contributed by atoms with Crippen LogP contribution in [0.4, 0.5) is 5.69 Å². The molecule has 2 rings (SSSR count). The van der Waals surface area contributed by atoms with Crippen LogP contribution in [0.3, 0.4) is 0 Å². The Morgan fingerprint density at radius 3 is 2.38 bits per heavy atom. The Morgan fingerprint density at radius 2 is 1.81 bits per heavy atom. The number of nitrogen functional groups attached to an aromatic ring is 1. The number of benzene rings is 1. The Bertz CT molecular complexity index is 395. The highest BCUT2D eigenvalue weighted by Crippen LogP contribution is 2.38. The van der Waals surface area contributed by atoms with E-state index >= 15 is 0 Å². The quantitative estimate of drug-likeness (QED) is 0.575. The Hall–Kier alpha value is -1.49. The van der Waals surface area contributed by atoms with E-state index in [9.17, 15) is 5.26 Å². The van der Waals surface area contributed by atoms with Gasteiger partial charge in [-0.15, -0.1) is 0 Å². The second-order valence-corrected chi connectivity index (χ2v) is 4.73. The molecule has 0 heterocycles. The Balaban J connectivity index is 2.36. The molecule has 1 aromatic rings. The maximum absolute atomic E-state index is 9.52. The molecule has 0 spiro atoms. The molecule has 0 radical (unpaired) electrons. The topological polar surface area (TPSA) is 49.8 Å². The smallest absolute Gasteiger partial charge is 0.0823 e. The summed E-state index contributed by atoms with van der Waals surface area (Å²) in [5, 5.41) is 9.52. The highest BCUT2D eigenvalue weighted by molar-refractivity contribution is 5.45. The van der Waals surface area contributed by atoms with Crippen LogP contribution < -0.4 is 5.73 Å². The lowest BCUT2D eigenvalue weighted by Gasteiger charge is -2.25. The molecular weight excluding hydrogens is 196 g/mol. The zero-order chi connectivity index (χ0) is 11.4. The third-order valence-electron chi connectivity index (χ3n) is 3.61. The minimum absolute atomic E-state index is 0.286. The van der Waals surface area contributed by atoms with Crippen molar-refractivity contribution in [3.05, 3.63) is 29.8 Å². The van der Waals surface area contributed by atoms with Crippen molar-refractivity contribution in [2.45, 2.75) is 43.9 Å². The molecule has 0 saturated heterocycles. The maximum Gasteiger partial charge on any atom is 0.0823 e. The second-order valence-electron chi connectivity index (χ2n) is 4.73. The van der Waals surface area contributed by atoms with Crippen LogP contribution in [0.1, 0.15) is 44.1 Å². The lowest BCUT2D eigenvalue weighted by molar-refractivity contribution is 0.475. The SMILES string of the molecule is N#CC1(c2cccc(N)c2)CCCCCC1. The van der Waals surface area contributed by atoms with Gasteiger partial charge in [0, 0.05) is 5.69 Å². The summed E-state index contributed by atoms with van der Waals surface area (Å²) >= 11 is 0. The summed E-state index contributed by atoms with van der Waals surface area (Å²) in [7, 11) is 0. The number of nitrogens with two attached hydrogens (primary N) is 1. The first-order valence-corrected chi connectivity index (χ1v) is 6.04. The van der Waals surface area contributed by atoms with E-state index in [1.54, 1.807) is 0 Å². The van der Waals surface area contributed by atoms with Crippen LogP contribution in [0.5, 0.6) is 0 Å².